The van der Waals surface area contributed by atoms with E-state index in [1.165, 1.54) is 17.4 Å². The lowest BCUT2D eigenvalue weighted by Gasteiger charge is -2.23. The maximum atomic E-state index is 14.7. The Bertz CT molecular complexity index is 1110. The van der Waals surface area contributed by atoms with Crippen LogP contribution in [0.4, 0.5) is 10.1 Å². The first-order valence-electron chi connectivity index (χ1n) is 10.6. The van der Waals surface area contributed by atoms with E-state index in [1.807, 2.05) is 18.2 Å². The van der Waals surface area contributed by atoms with Gasteiger partial charge in [0.1, 0.15) is 11.9 Å². The minimum Gasteiger partial charge on any atom is -0.339 e. The standard InChI is InChI=1S/C23H23FN4O2S/c1-28-18-7-13(3-2-12(18)8-21(28)29)19-10-17(24)20(31-19)9-16(11-25)27-23(30)22-14-4-5-15(6-14)26-22/h2-3,7,10,14-16,22,26H,4-6,8-9H2,1H3,(H,27,30)/t14-,15-,16?,22-/m0/s1. The predicted octanol–water partition coefficient (Wildman–Crippen LogP) is 2.76. The van der Waals surface area contributed by atoms with E-state index < -0.39 is 6.04 Å². The molecule has 3 heterocycles. The van der Waals surface area contributed by atoms with Crippen LogP contribution < -0.4 is 15.5 Å². The number of nitriles is 1. The van der Waals surface area contributed by atoms with E-state index in [0.29, 0.717) is 23.3 Å². The summed E-state index contributed by atoms with van der Waals surface area (Å²) in [6, 6.07) is 8.65. The third-order valence-corrected chi connectivity index (χ3v) is 7.89. The summed E-state index contributed by atoms with van der Waals surface area (Å²) >= 11 is 1.28. The smallest absolute Gasteiger partial charge is 0.238 e. The van der Waals surface area contributed by atoms with Crippen LogP contribution in [-0.4, -0.2) is 37.0 Å². The predicted molar refractivity (Wildman–Crippen MR) is 116 cm³/mol. The molecule has 1 aliphatic carbocycles. The molecule has 4 atom stereocenters. The number of fused-ring (bicyclic) bond motifs is 3. The first-order chi connectivity index (χ1) is 14.9. The Morgan fingerprint density at radius 2 is 2.26 bits per heavy atom. The van der Waals surface area contributed by atoms with Crippen LogP contribution in [0.2, 0.25) is 0 Å². The molecule has 6 nitrogen and oxygen atoms in total. The minimum atomic E-state index is -0.779. The van der Waals surface area contributed by atoms with Gasteiger partial charge in [-0.1, -0.05) is 12.1 Å². The quantitative estimate of drug-likeness (QED) is 0.752. The van der Waals surface area contributed by atoms with Crippen molar-refractivity contribution in [3.05, 3.63) is 40.5 Å². The second-order valence-corrected chi connectivity index (χ2v) is 9.80. The molecule has 2 aliphatic heterocycles. The molecule has 2 bridgehead atoms. The molecule has 160 valence electrons. The van der Waals surface area contributed by atoms with Crippen molar-refractivity contribution in [2.45, 2.75) is 50.2 Å². The number of thiophene rings is 1. The Morgan fingerprint density at radius 3 is 2.97 bits per heavy atom. The number of halogens is 1. The van der Waals surface area contributed by atoms with Gasteiger partial charge >= 0.3 is 0 Å². The van der Waals surface area contributed by atoms with Crippen LogP contribution in [0, 0.1) is 23.1 Å². The van der Waals surface area contributed by atoms with Crippen molar-refractivity contribution in [1.82, 2.24) is 10.6 Å². The number of likely N-dealkylation sites (N-methyl/N-ethyl adjacent to an activating group) is 1. The van der Waals surface area contributed by atoms with E-state index in [2.05, 4.69) is 16.7 Å². The molecule has 2 fully saturated rings. The molecule has 1 unspecified atom stereocenters. The Kier molecular flexibility index (Phi) is 5.03. The van der Waals surface area contributed by atoms with Gasteiger partial charge in [-0.2, -0.15) is 5.26 Å². The lowest BCUT2D eigenvalue weighted by molar-refractivity contribution is -0.124. The molecule has 2 amide bonds. The molecule has 1 saturated carbocycles. The molecular weight excluding hydrogens is 415 g/mol. The highest BCUT2D eigenvalue weighted by Crippen LogP contribution is 2.37. The van der Waals surface area contributed by atoms with Crippen LogP contribution in [0.5, 0.6) is 0 Å². The minimum absolute atomic E-state index is 0.0442. The number of benzene rings is 1. The molecule has 0 radical (unpaired) electrons. The van der Waals surface area contributed by atoms with Crippen LogP contribution in [0.1, 0.15) is 29.7 Å². The van der Waals surface area contributed by atoms with Gasteiger partial charge in [0.15, 0.2) is 0 Å². The van der Waals surface area contributed by atoms with Crippen LogP contribution >= 0.6 is 11.3 Å². The molecule has 1 aromatic heterocycles. The SMILES string of the molecule is CN1C(=O)Cc2ccc(-c3cc(F)c(CC(C#N)NC(=O)[C@H]4N[C@H]5CC[C@H]4C5)s3)cc21. The summed E-state index contributed by atoms with van der Waals surface area (Å²) in [5.41, 5.74) is 2.65. The van der Waals surface area contributed by atoms with E-state index in [9.17, 15) is 19.2 Å². The van der Waals surface area contributed by atoms with Gasteiger partial charge in [0.2, 0.25) is 11.8 Å². The molecule has 31 heavy (non-hydrogen) atoms. The number of amides is 2. The summed E-state index contributed by atoms with van der Waals surface area (Å²) in [7, 11) is 1.74. The van der Waals surface area contributed by atoms with Gasteiger partial charge in [-0.3, -0.25) is 9.59 Å². The zero-order valence-corrected chi connectivity index (χ0v) is 18.0. The Balaban J connectivity index is 1.30. The summed E-state index contributed by atoms with van der Waals surface area (Å²) < 4.78 is 14.7. The van der Waals surface area contributed by atoms with E-state index in [-0.39, 0.29) is 30.1 Å². The highest BCUT2D eigenvalue weighted by molar-refractivity contribution is 7.15. The second kappa shape index (κ2) is 7.74. The number of nitrogens with one attached hydrogen (secondary N) is 2. The van der Waals surface area contributed by atoms with Crippen molar-refractivity contribution in [3.63, 3.8) is 0 Å². The molecule has 2 aromatic rings. The Hall–Kier alpha value is -2.76. The fraction of sp³-hybridized carbons (Fsp3) is 0.435. The zero-order chi connectivity index (χ0) is 21.7. The van der Waals surface area contributed by atoms with Gasteiger partial charge in [-0.05, 0) is 48.4 Å². The van der Waals surface area contributed by atoms with Gasteiger partial charge in [-0.25, -0.2) is 4.39 Å². The van der Waals surface area contributed by atoms with Crippen molar-refractivity contribution in [2.75, 3.05) is 11.9 Å². The first kappa shape index (κ1) is 20.2. The molecule has 5 rings (SSSR count). The van der Waals surface area contributed by atoms with Crippen molar-refractivity contribution >= 4 is 28.8 Å². The van der Waals surface area contributed by atoms with Crippen molar-refractivity contribution < 1.29 is 14.0 Å². The molecule has 2 N–H and O–H groups in total. The summed E-state index contributed by atoms with van der Waals surface area (Å²) in [4.78, 5) is 27.3. The maximum Gasteiger partial charge on any atom is 0.238 e. The average molecular weight is 439 g/mol. The van der Waals surface area contributed by atoms with Crippen LogP contribution in [-0.2, 0) is 22.4 Å². The molecule has 1 saturated heterocycles. The Morgan fingerprint density at radius 1 is 1.42 bits per heavy atom. The monoisotopic (exact) mass is 438 g/mol. The summed E-state index contributed by atoms with van der Waals surface area (Å²) in [6.45, 7) is 0. The van der Waals surface area contributed by atoms with Gasteiger partial charge in [0.25, 0.3) is 0 Å². The van der Waals surface area contributed by atoms with E-state index in [1.54, 1.807) is 11.9 Å². The largest absolute Gasteiger partial charge is 0.339 e. The first-order valence-corrected chi connectivity index (χ1v) is 11.4. The number of rotatable bonds is 5. The Labute approximate surface area is 184 Å². The van der Waals surface area contributed by atoms with Gasteiger partial charge < -0.3 is 15.5 Å². The zero-order valence-electron chi connectivity index (χ0n) is 17.2. The molecule has 1 aromatic carbocycles. The maximum absolute atomic E-state index is 14.7. The van der Waals surface area contributed by atoms with Crippen molar-refractivity contribution in [2.24, 2.45) is 5.92 Å². The lowest BCUT2D eigenvalue weighted by Crippen LogP contribution is -2.50. The van der Waals surface area contributed by atoms with Crippen molar-refractivity contribution in [1.29, 1.82) is 5.26 Å². The van der Waals surface area contributed by atoms with Gasteiger partial charge in [0.05, 0.1) is 18.5 Å². The molecule has 0 spiro atoms. The van der Waals surface area contributed by atoms with E-state index in [4.69, 9.17) is 0 Å². The number of hydrogen-bond acceptors (Lipinski definition) is 5. The molecular formula is C23H23FN4O2S. The number of carbonyl (C=O) groups is 2. The topological polar surface area (TPSA) is 85.2 Å². The van der Waals surface area contributed by atoms with Crippen LogP contribution in [0.3, 0.4) is 0 Å². The fourth-order valence-electron chi connectivity index (χ4n) is 5.01. The third kappa shape index (κ3) is 3.62. The van der Waals surface area contributed by atoms with E-state index in [0.717, 1.165) is 41.0 Å². The van der Waals surface area contributed by atoms with Crippen molar-refractivity contribution in [3.8, 4) is 16.5 Å². The summed E-state index contributed by atoms with van der Waals surface area (Å²) in [5.74, 6) is -0.165. The number of anilines is 1. The van der Waals surface area contributed by atoms with Gasteiger partial charge in [-0.15, -0.1) is 11.3 Å². The average Bonchev–Trinajstić information content (AvgIpc) is 3.53. The second-order valence-electron chi connectivity index (χ2n) is 8.66. The fourth-order valence-corrected chi connectivity index (χ4v) is 6.09. The summed E-state index contributed by atoms with van der Waals surface area (Å²) in [5, 5.41) is 15.7. The molecule has 3 aliphatic rings. The molecule has 8 heteroatoms. The number of nitrogens with zero attached hydrogens (tertiary/aromatic N) is 2. The van der Waals surface area contributed by atoms with Crippen LogP contribution in [0.25, 0.3) is 10.4 Å². The number of hydrogen-bond donors (Lipinski definition) is 2. The van der Waals surface area contributed by atoms with Crippen LogP contribution in [0.15, 0.2) is 24.3 Å². The van der Waals surface area contributed by atoms with Gasteiger partial charge in [0, 0.05) is 35.0 Å². The summed E-state index contributed by atoms with van der Waals surface area (Å²) in [6.07, 6.45) is 3.67. The normalized spacial score (nSPS) is 24.9. The lowest BCUT2D eigenvalue weighted by atomic mass is 9.99. The number of carbonyl (C=O) groups excluding carboxylic acids is 2. The third-order valence-electron chi connectivity index (χ3n) is 6.71. The van der Waals surface area contributed by atoms with E-state index >= 15 is 0 Å². The number of piperidine rings is 1. The highest BCUT2D eigenvalue weighted by Gasteiger charge is 2.43. The highest BCUT2D eigenvalue weighted by atomic mass is 32.1.